The molecule has 1 aliphatic rings. The van der Waals surface area contributed by atoms with Gasteiger partial charge in [-0.05, 0) is 25.3 Å². The molecule has 1 aliphatic heterocycles. The molecule has 1 aromatic heterocycles. The van der Waals surface area contributed by atoms with E-state index in [0.717, 1.165) is 31.6 Å². The number of aliphatic carboxylic acids is 1. The quantitative estimate of drug-likeness (QED) is 0.896. The van der Waals surface area contributed by atoms with Gasteiger partial charge in [-0.2, -0.15) is 4.98 Å². The Labute approximate surface area is 124 Å². The number of aromatic nitrogens is 2. The summed E-state index contributed by atoms with van der Waals surface area (Å²) >= 11 is 0. The monoisotopic (exact) mass is 303 g/mol. The first-order chi connectivity index (χ1) is 9.04. The lowest BCUT2D eigenvalue weighted by molar-refractivity contribution is -0.143. The Morgan fingerprint density at radius 2 is 2.30 bits per heavy atom. The molecule has 0 bridgehead atoms. The van der Waals surface area contributed by atoms with Crippen molar-refractivity contribution in [2.24, 2.45) is 11.8 Å². The van der Waals surface area contributed by atoms with Crippen molar-refractivity contribution in [3.05, 3.63) is 11.7 Å². The van der Waals surface area contributed by atoms with Crippen LogP contribution in [0.1, 0.15) is 38.4 Å². The third-order valence-electron chi connectivity index (χ3n) is 3.31. The largest absolute Gasteiger partial charge is 0.481 e. The molecule has 0 amide bonds. The van der Waals surface area contributed by atoms with E-state index in [-0.39, 0.29) is 18.3 Å². The van der Waals surface area contributed by atoms with Gasteiger partial charge in [-0.3, -0.25) is 9.69 Å². The number of nitrogens with zero attached hydrogens (tertiary/aromatic N) is 3. The Kier molecular flexibility index (Phi) is 6.42. The number of rotatable bonds is 5. The van der Waals surface area contributed by atoms with Crippen LogP contribution in [0.2, 0.25) is 0 Å². The SMILES string of the molecule is CC(C)Cc1noc(CN2CCCC(C(=O)O)C2)n1.Cl. The third-order valence-corrected chi connectivity index (χ3v) is 3.31. The second-order valence-corrected chi connectivity index (χ2v) is 5.61. The molecule has 1 atom stereocenters. The standard InChI is InChI=1S/C13H21N3O3.ClH/c1-9(2)6-11-14-12(19-15-11)8-16-5-3-4-10(7-16)13(17)18;/h9-10H,3-8H2,1-2H3,(H,17,18);1H. The zero-order valence-electron chi connectivity index (χ0n) is 11.9. The summed E-state index contributed by atoms with van der Waals surface area (Å²) in [6, 6.07) is 0. The predicted octanol–water partition coefficient (Wildman–Crippen LogP) is 1.99. The van der Waals surface area contributed by atoms with Gasteiger partial charge < -0.3 is 9.63 Å². The van der Waals surface area contributed by atoms with Crippen molar-refractivity contribution >= 4 is 18.4 Å². The third kappa shape index (κ3) is 4.76. The van der Waals surface area contributed by atoms with E-state index in [2.05, 4.69) is 28.9 Å². The normalized spacial score (nSPS) is 19.9. The molecule has 20 heavy (non-hydrogen) atoms. The summed E-state index contributed by atoms with van der Waals surface area (Å²) in [6.07, 6.45) is 2.47. The molecule has 6 nitrogen and oxygen atoms in total. The van der Waals surface area contributed by atoms with E-state index in [1.807, 2.05) is 0 Å². The molecule has 1 saturated heterocycles. The smallest absolute Gasteiger partial charge is 0.307 e. The van der Waals surface area contributed by atoms with Crippen LogP contribution in [-0.4, -0.2) is 39.2 Å². The number of likely N-dealkylation sites (tertiary alicyclic amines) is 1. The van der Waals surface area contributed by atoms with E-state index in [9.17, 15) is 4.79 Å². The first-order valence-corrected chi connectivity index (χ1v) is 6.81. The molecule has 0 spiro atoms. The maximum atomic E-state index is 11.0. The summed E-state index contributed by atoms with van der Waals surface area (Å²) in [6.45, 7) is 6.23. The van der Waals surface area contributed by atoms with Crippen LogP contribution >= 0.6 is 12.4 Å². The van der Waals surface area contributed by atoms with Gasteiger partial charge in [-0.1, -0.05) is 19.0 Å². The molecule has 0 saturated carbocycles. The molecule has 1 fully saturated rings. The molecule has 7 heteroatoms. The number of hydrogen-bond donors (Lipinski definition) is 1. The number of carboxylic acids is 1. The Morgan fingerprint density at radius 3 is 2.95 bits per heavy atom. The van der Waals surface area contributed by atoms with E-state index in [1.54, 1.807) is 0 Å². The van der Waals surface area contributed by atoms with E-state index in [1.165, 1.54) is 0 Å². The predicted molar refractivity (Wildman–Crippen MR) is 75.7 cm³/mol. The summed E-state index contributed by atoms with van der Waals surface area (Å²) in [5.41, 5.74) is 0. The molecule has 1 unspecified atom stereocenters. The highest BCUT2D eigenvalue weighted by Crippen LogP contribution is 2.18. The first kappa shape index (κ1) is 16.9. The average molecular weight is 304 g/mol. The molecule has 1 N–H and O–H groups in total. The molecular weight excluding hydrogens is 282 g/mol. The van der Waals surface area contributed by atoms with E-state index in [0.29, 0.717) is 24.9 Å². The molecule has 0 aromatic carbocycles. The van der Waals surface area contributed by atoms with Crippen molar-refractivity contribution in [3.63, 3.8) is 0 Å². The van der Waals surface area contributed by atoms with Gasteiger partial charge in [0.15, 0.2) is 5.82 Å². The number of carbonyl (C=O) groups is 1. The van der Waals surface area contributed by atoms with Gasteiger partial charge >= 0.3 is 5.97 Å². The lowest BCUT2D eigenvalue weighted by Crippen LogP contribution is -2.38. The van der Waals surface area contributed by atoms with Crippen molar-refractivity contribution in [1.29, 1.82) is 0 Å². The van der Waals surface area contributed by atoms with Gasteiger partial charge in [0.25, 0.3) is 0 Å². The Hall–Kier alpha value is -1.14. The van der Waals surface area contributed by atoms with E-state index >= 15 is 0 Å². The van der Waals surface area contributed by atoms with E-state index < -0.39 is 5.97 Å². The van der Waals surface area contributed by atoms with Crippen molar-refractivity contribution in [2.75, 3.05) is 13.1 Å². The Morgan fingerprint density at radius 1 is 1.55 bits per heavy atom. The first-order valence-electron chi connectivity index (χ1n) is 6.81. The Balaban J connectivity index is 0.00000200. The van der Waals surface area contributed by atoms with Gasteiger partial charge in [0.1, 0.15) is 0 Å². The lowest BCUT2D eigenvalue weighted by atomic mass is 9.98. The van der Waals surface area contributed by atoms with Crippen LogP contribution in [0, 0.1) is 11.8 Å². The molecule has 2 rings (SSSR count). The minimum absolute atomic E-state index is 0. The van der Waals surface area contributed by atoms with Crippen LogP contribution in [-0.2, 0) is 17.8 Å². The van der Waals surface area contributed by atoms with Crippen molar-refractivity contribution < 1.29 is 14.4 Å². The highest BCUT2D eigenvalue weighted by Gasteiger charge is 2.26. The fourth-order valence-corrected chi connectivity index (χ4v) is 2.39. The number of hydrogen-bond acceptors (Lipinski definition) is 5. The van der Waals surface area contributed by atoms with Gasteiger partial charge in [0.2, 0.25) is 5.89 Å². The Bertz CT molecular complexity index is 436. The maximum Gasteiger partial charge on any atom is 0.307 e. The summed E-state index contributed by atoms with van der Waals surface area (Å²) in [5.74, 6) is 0.831. The fraction of sp³-hybridized carbons (Fsp3) is 0.769. The minimum atomic E-state index is -0.712. The highest BCUT2D eigenvalue weighted by molar-refractivity contribution is 5.85. The van der Waals surface area contributed by atoms with Crippen molar-refractivity contribution in [3.8, 4) is 0 Å². The average Bonchev–Trinajstić information content (AvgIpc) is 2.76. The molecule has 0 radical (unpaired) electrons. The summed E-state index contributed by atoms with van der Waals surface area (Å²) < 4.78 is 5.21. The zero-order valence-corrected chi connectivity index (χ0v) is 12.7. The van der Waals surface area contributed by atoms with Gasteiger partial charge in [-0.15, -0.1) is 12.4 Å². The highest BCUT2D eigenvalue weighted by atomic mass is 35.5. The van der Waals surface area contributed by atoms with Crippen LogP contribution < -0.4 is 0 Å². The topological polar surface area (TPSA) is 79.5 Å². The maximum absolute atomic E-state index is 11.0. The van der Waals surface area contributed by atoms with Crippen molar-refractivity contribution in [2.45, 2.75) is 39.7 Å². The van der Waals surface area contributed by atoms with Crippen molar-refractivity contribution in [1.82, 2.24) is 15.0 Å². The molecular formula is C13H22ClN3O3. The van der Waals surface area contributed by atoms with Crippen LogP contribution in [0.5, 0.6) is 0 Å². The summed E-state index contributed by atoms with van der Waals surface area (Å²) in [7, 11) is 0. The van der Waals surface area contributed by atoms with Crippen LogP contribution in [0.15, 0.2) is 4.52 Å². The molecule has 114 valence electrons. The molecule has 1 aromatic rings. The number of halogens is 1. The number of carboxylic acid groups (broad SMARTS) is 1. The zero-order chi connectivity index (χ0) is 13.8. The summed E-state index contributed by atoms with van der Waals surface area (Å²) in [4.78, 5) is 17.4. The minimum Gasteiger partial charge on any atom is -0.481 e. The molecule has 0 aliphatic carbocycles. The van der Waals surface area contributed by atoms with Gasteiger partial charge in [0.05, 0.1) is 12.5 Å². The summed E-state index contributed by atoms with van der Waals surface area (Å²) in [5, 5.41) is 13.0. The van der Waals surface area contributed by atoms with Crippen LogP contribution in [0.4, 0.5) is 0 Å². The van der Waals surface area contributed by atoms with Crippen LogP contribution in [0.3, 0.4) is 0 Å². The van der Waals surface area contributed by atoms with Gasteiger partial charge in [0, 0.05) is 13.0 Å². The van der Waals surface area contributed by atoms with Gasteiger partial charge in [-0.25, -0.2) is 0 Å². The molecule has 2 heterocycles. The fourth-order valence-electron chi connectivity index (χ4n) is 2.39. The van der Waals surface area contributed by atoms with Crippen LogP contribution in [0.25, 0.3) is 0 Å². The van der Waals surface area contributed by atoms with E-state index in [4.69, 9.17) is 9.63 Å². The second-order valence-electron chi connectivity index (χ2n) is 5.61. The lowest BCUT2D eigenvalue weighted by Gasteiger charge is -2.29. The second kappa shape index (κ2) is 7.59. The number of piperidine rings is 1.